The second-order valence-corrected chi connectivity index (χ2v) is 6.51. The minimum absolute atomic E-state index is 0.116. The van der Waals surface area contributed by atoms with Gasteiger partial charge in [-0.1, -0.05) is 27.7 Å². The lowest BCUT2D eigenvalue weighted by atomic mass is 9.73. The van der Waals surface area contributed by atoms with Crippen LogP contribution in [-0.2, 0) is 19.1 Å². The number of ether oxygens (including phenoxy) is 2. The Kier molecular flexibility index (Phi) is 9.31. The van der Waals surface area contributed by atoms with Crippen LogP contribution in [0, 0.1) is 17.3 Å². The zero-order valence-electron chi connectivity index (χ0n) is 14.5. The molecule has 0 rings (SSSR count). The smallest absolute Gasteiger partial charge is 0.312 e. The Balaban J connectivity index is 5.26. The average molecular weight is 300 g/mol. The van der Waals surface area contributed by atoms with E-state index in [0.29, 0.717) is 37.9 Å². The van der Waals surface area contributed by atoms with Crippen LogP contribution in [0.3, 0.4) is 0 Å². The molecule has 0 N–H and O–H groups in total. The van der Waals surface area contributed by atoms with Crippen LogP contribution in [0.25, 0.3) is 0 Å². The van der Waals surface area contributed by atoms with E-state index in [4.69, 9.17) is 9.47 Å². The van der Waals surface area contributed by atoms with Crippen molar-refractivity contribution in [3.05, 3.63) is 0 Å². The van der Waals surface area contributed by atoms with Crippen molar-refractivity contribution in [2.75, 3.05) is 13.2 Å². The summed E-state index contributed by atoms with van der Waals surface area (Å²) in [5, 5.41) is 0. The van der Waals surface area contributed by atoms with Crippen molar-refractivity contribution < 1.29 is 19.1 Å². The van der Waals surface area contributed by atoms with Crippen molar-refractivity contribution in [1.82, 2.24) is 0 Å². The Bertz CT molecular complexity index is 323. The van der Waals surface area contributed by atoms with Crippen LogP contribution < -0.4 is 0 Å². The Morgan fingerprint density at radius 3 is 1.95 bits per heavy atom. The molecule has 0 aliphatic heterocycles. The predicted octanol–water partition coefficient (Wildman–Crippen LogP) is 3.97. The van der Waals surface area contributed by atoms with E-state index in [-0.39, 0.29) is 18.4 Å². The van der Waals surface area contributed by atoms with Crippen LogP contribution in [0.15, 0.2) is 0 Å². The highest BCUT2D eigenvalue weighted by atomic mass is 16.5. The summed E-state index contributed by atoms with van der Waals surface area (Å²) in [5.74, 6) is 0.228. The lowest BCUT2D eigenvalue weighted by molar-refractivity contribution is -0.164. The van der Waals surface area contributed by atoms with E-state index in [1.165, 1.54) is 0 Å². The molecule has 0 aromatic rings. The Labute approximate surface area is 129 Å². The summed E-state index contributed by atoms with van der Waals surface area (Å²) in [6, 6.07) is 0. The minimum Gasteiger partial charge on any atom is -0.466 e. The van der Waals surface area contributed by atoms with E-state index in [1.807, 2.05) is 0 Å². The molecule has 0 amide bonds. The minimum atomic E-state index is -0.749. The van der Waals surface area contributed by atoms with E-state index < -0.39 is 5.41 Å². The summed E-state index contributed by atoms with van der Waals surface area (Å²) in [6.07, 6.45) is 2.33. The summed E-state index contributed by atoms with van der Waals surface area (Å²) in [4.78, 5) is 24.5. The van der Waals surface area contributed by atoms with Crippen LogP contribution in [-0.4, -0.2) is 25.2 Å². The highest BCUT2D eigenvalue weighted by Gasteiger charge is 2.42. The van der Waals surface area contributed by atoms with Crippen molar-refractivity contribution in [1.29, 1.82) is 0 Å². The molecule has 0 radical (unpaired) electrons. The molecule has 4 nitrogen and oxygen atoms in total. The number of hydrogen-bond donors (Lipinski definition) is 0. The van der Waals surface area contributed by atoms with Crippen molar-refractivity contribution in [3.63, 3.8) is 0 Å². The third kappa shape index (κ3) is 7.49. The molecule has 1 unspecified atom stereocenters. The lowest BCUT2D eigenvalue weighted by Crippen LogP contribution is -2.37. The van der Waals surface area contributed by atoms with Gasteiger partial charge >= 0.3 is 11.9 Å². The van der Waals surface area contributed by atoms with Gasteiger partial charge in [0.2, 0.25) is 0 Å². The average Bonchev–Trinajstić information content (AvgIpc) is 2.35. The molecule has 1 atom stereocenters. The number of carbonyl (C=O) groups excluding carboxylic acids is 2. The highest BCUT2D eigenvalue weighted by molar-refractivity contribution is 5.83. The first-order chi connectivity index (χ1) is 9.77. The maximum Gasteiger partial charge on any atom is 0.312 e. The van der Waals surface area contributed by atoms with Crippen molar-refractivity contribution in [2.24, 2.45) is 17.3 Å². The molecular weight excluding hydrogens is 268 g/mol. The largest absolute Gasteiger partial charge is 0.466 e. The Hall–Kier alpha value is -1.06. The highest BCUT2D eigenvalue weighted by Crippen LogP contribution is 2.38. The molecule has 0 fully saturated rings. The summed E-state index contributed by atoms with van der Waals surface area (Å²) in [7, 11) is 0. The van der Waals surface area contributed by atoms with E-state index >= 15 is 0 Å². The van der Waals surface area contributed by atoms with Gasteiger partial charge in [-0.25, -0.2) is 0 Å². The molecular formula is C17H32O4. The Morgan fingerprint density at radius 2 is 1.52 bits per heavy atom. The quantitative estimate of drug-likeness (QED) is 0.573. The van der Waals surface area contributed by atoms with E-state index in [9.17, 15) is 9.59 Å². The van der Waals surface area contributed by atoms with Gasteiger partial charge in [-0.05, 0) is 44.9 Å². The molecule has 4 heteroatoms. The van der Waals surface area contributed by atoms with Gasteiger partial charge in [0.1, 0.15) is 0 Å². The third-order valence-corrected chi connectivity index (χ3v) is 3.50. The van der Waals surface area contributed by atoms with Crippen molar-refractivity contribution in [2.45, 2.75) is 67.2 Å². The first-order valence-corrected chi connectivity index (χ1v) is 8.10. The summed E-state index contributed by atoms with van der Waals surface area (Å²) >= 11 is 0. The van der Waals surface area contributed by atoms with Gasteiger partial charge in [0.15, 0.2) is 0 Å². The van der Waals surface area contributed by atoms with Crippen LogP contribution in [0.1, 0.15) is 67.2 Å². The van der Waals surface area contributed by atoms with Gasteiger partial charge in [0.05, 0.1) is 25.0 Å². The molecule has 0 aliphatic carbocycles. The number of carbonyl (C=O) groups is 2. The van der Waals surface area contributed by atoms with Crippen LogP contribution >= 0.6 is 0 Å². The fraction of sp³-hybridized carbons (Fsp3) is 0.882. The second kappa shape index (κ2) is 9.80. The molecule has 0 saturated carbocycles. The van der Waals surface area contributed by atoms with Crippen molar-refractivity contribution in [3.8, 4) is 0 Å². The van der Waals surface area contributed by atoms with Gasteiger partial charge in [0, 0.05) is 0 Å². The summed E-state index contributed by atoms with van der Waals surface area (Å²) in [6.45, 7) is 12.6. The predicted molar refractivity (Wildman–Crippen MR) is 83.8 cm³/mol. The SMILES string of the molecule is CCOC(=O)CC(CCC(C)C)(CC(C)C)C(=O)OCC. The summed E-state index contributed by atoms with van der Waals surface area (Å²) < 4.78 is 10.3. The van der Waals surface area contributed by atoms with E-state index in [1.54, 1.807) is 13.8 Å². The van der Waals surface area contributed by atoms with E-state index in [0.717, 1.165) is 6.42 Å². The number of hydrogen-bond acceptors (Lipinski definition) is 4. The fourth-order valence-electron chi connectivity index (χ4n) is 2.64. The van der Waals surface area contributed by atoms with Gasteiger partial charge in [-0.3, -0.25) is 9.59 Å². The second-order valence-electron chi connectivity index (χ2n) is 6.51. The van der Waals surface area contributed by atoms with Crippen LogP contribution in [0.4, 0.5) is 0 Å². The maximum atomic E-state index is 12.5. The molecule has 21 heavy (non-hydrogen) atoms. The molecule has 0 aromatic carbocycles. The first kappa shape index (κ1) is 19.9. The van der Waals surface area contributed by atoms with Crippen molar-refractivity contribution >= 4 is 11.9 Å². The molecule has 0 aliphatic rings. The monoisotopic (exact) mass is 300 g/mol. The number of esters is 2. The maximum absolute atomic E-state index is 12.5. The molecule has 0 saturated heterocycles. The fourth-order valence-corrected chi connectivity index (χ4v) is 2.64. The van der Waals surface area contributed by atoms with Gasteiger partial charge in [-0.15, -0.1) is 0 Å². The van der Waals surface area contributed by atoms with E-state index in [2.05, 4.69) is 27.7 Å². The zero-order chi connectivity index (χ0) is 16.5. The number of rotatable bonds is 10. The molecule has 0 bridgehead atoms. The first-order valence-electron chi connectivity index (χ1n) is 8.10. The molecule has 124 valence electrons. The zero-order valence-corrected chi connectivity index (χ0v) is 14.5. The molecule has 0 spiro atoms. The molecule has 0 aromatic heterocycles. The van der Waals surface area contributed by atoms with Crippen LogP contribution in [0.5, 0.6) is 0 Å². The third-order valence-electron chi connectivity index (χ3n) is 3.50. The van der Waals surface area contributed by atoms with Gasteiger partial charge in [-0.2, -0.15) is 0 Å². The Morgan fingerprint density at radius 1 is 0.952 bits per heavy atom. The topological polar surface area (TPSA) is 52.6 Å². The van der Waals surface area contributed by atoms with Crippen LogP contribution in [0.2, 0.25) is 0 Å². The summed E-state index contributed by atoms with van der Waals surface area (Å²) in [5.41, 5.74) is -0.749. The van der Waals surface area contributed by atoms with Gasteiger partial charge in [0.25, 0.3) is 0 Å². The standard InChI is InChI=1S/C17H32O4/c1-7-20-15(18)12-17(11-14(5)6,10-9-13(3)4)16(19)21-8-2/h13-14H,7-12H2,1-6H3. The lowest BCUT2D eigenvalue weighted by Gasteiger charge is -2.32. The normalized spacial score (nSPS) is 14.1. The molecule has 0 heterocycles. The van der Waals surface area contributed by atoms with Gasteiger partial charge < -0.3 is 9.47 Å².